The van der Waals surface area contributed by atoms with Crippen molar-refractivity contribution in [3.63, 3.8) is 0 Å². The number of hydrogen-bond donors (Lipinski definition) is 1. The van der Waals surface area contributed by atoms with Crippen molar-refractivity contribution < 1.29 is 17.2 Å². The fourth-order valence-electron chi connectivity index (χ4n) is 4.45. The van der Waals surface area contributed by atoms with Crippen LogP contribution in [0.4, 0.5) is 4.39 Å². The van der Waals surface area contributed by atoms with Crippen molar-refractivity contribution in [3.8, 4) is 0 Å². The molecular weight excluding hydrogens is 429 g/mol. The van der Waals surface area contributed by atoms with Crippen LogP contribution in [0.1, 0.15) is 18.4 Å². The summed E-state index contributed by atoms with van der Waals surface area (Å²) in [5.74, 6) is -0.634. The van der Waals surface area contributed by atoms with Crippen LogP contribution in [0.3, 0.4) is 0 Å². The predicted octanol–water partition coefficient (Wildman–Crippen LogP) is 4.11. The van der Waals surface area contributed by atoms with Crippen molar-refractivity contribution in [2.24, 2.45) is 0 Å². The van der Waals surface area contributed by atoms with E-state index >= 15 is 0 Å². The Kier molecular flexibility index (Phi) is 5.67. The van der Waals surface area contributed by atoms with Gasteiger partial charge in [0.05, 0.1) is 17.4 Å². The van der Waals surface area contributed by atoms with Crippen molar-refractivity contribution in [1.82, 2.24) is 14.6 Å². The molecule has 1 aliphatic rings. The normalized spacial score (nSPS) is 16.2. The van der Waals surface area contributed by atoms with E-state index < -0.39 is 15.8 Å². The molecule has 0 spiro atoms. The first-order valence-electron chi connectivity index (χ1n) is 10.7. The highest BCUT2D eigenvalue weighted by Gasteiger charge is 2.26. The third-order valence-electron chi connectivity index (χ3n) is 6.16. The molecule has 2 aromatic heterocycles. The maximum absolute atomic E-state index is 14.3. The van der Waals surface area contributed by atoms with Gasteiger partial charge in [-0.15, -0.1) is 0 Å². The molecule has 0 atom stereocenters. The summed E-state index contributed by atoms with van der Waals surface area (Å²) < 4.78 is 48.8. The summed E-state index contributed by atoms with van der Waals surface area (Å²) in [6.45, 7) is 2.50. The number of halogens is 1. The van der Waals surface area contributed by atoms with E-state index in [1.54, 1.807) is 12.1 Å². The van der Waals surface area contributed by atoms with Crippen molar-refractivity contribution in [1.29, 1.82) is 0 Å². The zero-order valence-corrected chi connectivity index (χ0v) is 18.3. The molecule has 3 heterocycles. The van der Waals surface area contributed by atoms with Gasteiger partial charge in [-0.25, -0.2) is 17.5 Å². The highest BCUT2D eigenvalue weighted by Crippen LogP contribution is 2.26. The Morgan fingerprint density at radius 2 is 1.91 bits per heavy atom. The number of piperidine rings is 1. The number of pyridine rings is 1. The minimum absolute atomic E-state index is 0.0378. The van der Waals surface area contributed by atoms with E-state index in [4.69, 9.17) is 4.42 Å². The Hall–Kier alpha value is -2.81. The van der Waals surface area contributed by atoms with Gasteiger partial charge in [0.15, 0.2) is 5.82 Å². The van der Waals surface area contributed by atoms with E-state index in [2.05, 4.69) is 20.7 Å². The number of fused-ring (bicyclic) bond motifs is 2. The van der Waals surface area contributed by atoms with Crippen LogP contribution < -0.4 is 4.72 Å². The Bertz CT molecular complexity index is 1360. The monoisotopic (exact) mass is 453 g/mol. The molecule has 32 heavy (non-hydrogen) atoms. The molecule has 1 fully saturated rings. The van der Waals surface area contributed by atoms with Crippen molar-refractivity contribution in [3.05, 3.63) is 72.5 Å². The van der Waals surface area contributed by atoms with E-state index in [1.165, 1.54) is 17.8 Å². The third kappa shape index (κ3) is 4.13. The Morgan fingerprint density at radius 1 is 1.09 bits per heavy atom. The highest BCUT2D eigenvalue weighted by molar-refractivity contribution is 7.89. The van der Waals surface area contributed by atoms with Gasteiger partial charge >= 0.3 is 0 Å². The van der Waals surface area contributed by atoms with Crippen LogP contribution in [0.5, 0.6) is 0 Å². The maximum Gasteiger partial charge on any atom is 0.241 e. The molecule has 0 radical (unpaired) electrons. The first-order chi connectivity index (χ1) is 15.5. The Labute approximate surface area is 186 Å². The molecule has 6 nitrogen and oxygen atoms in total. The first kappa shape index (κ1) is 21.1. The fraction of sp³-hybridized carbons (Fsp3) is 0.292. The molecule has 1 N–H and O–H groups in total. The molecular formula is C24H24FN3O3S. The Morgan fingerprint density at radius 3 is 2.75 bits per heavy atom. The Balaban J connectivity index is 1.21. The first-order valence-corrected chi connectivity index (χ1v) is 12.2. The second-order valence-corrected chi connectivity index (χ2v) is 9.90. The molecule has 4 aromatic rings. The van der Waals surface area contributed by atoms with Gasteiger partial charge in [0.1, 0.15) is 5.58 Å². The molecule has 2 aromatic carbocycles. The van der Waals surface area contributed by atoms with Gasteiger partial charge < -0.3 is 9.32 Å². The number of nitrogens with zero attached hydrogens (tertiary/aromatic N) is 2. The molecule has 0 aliphatic carbocycles. The summed E-state index contributed by atoms with van der Waals surface area (Å²) in [4.78, 5) is 6.12. The summed E-state index contributed by atoms with van der Waals surface area (Å²) in [7, 11) is -3.85. The van der Waals surface area contributed by atoms with Gasteiger partial charge in [-0.1, -0.05) is 30.3 Å². The average molecular weight is 454 g/mol. The van der Waals surface area contributed by atoms with Crippen LogP contribution in [0, 0.1) is 5.82 Å². The van der Waals surface area contributed by atoms with E-state index in [1.807, 2.05) is 24.5 Å². The van der Waals surface area contributed by atoms with Crippen LogP contribution in [0.15, 0.2) is 70.4 Å². The van der Waals surface area contributed by atoms with Gasteiger partial charge in [-0.05, 0) is 50.0 Å². The van der Waals surface area contributed by atoms with Gasteiger partial charge in [0, 0.05) is 34.9 Å². The lowest BCUT2D eigenvalue weighted by Gasteiger charge is -2.32. The largest absolute Gasteiger partial charge is 0.464 e. The second kappa shape index (κ2) is 8.61. The summed E-state index contributed by atoms with van der Waals surface area (Å²) in [6, 6.07) is 12.6. The molecule has 8 heteroatoms. The van der Waals surface area contributed by atoms with Crippen LogP contribution in [-0.2, 0) is 16.4 Å². The van der Waals surface area contributed by atoms with Gasteiger partial charge in [0.2, 0.25) is 10.0 Å². The minimum atomic E-state index is -3.85. The standard InChI is InChI=1S/C24H24FN3O3S/c25-21-15-26-14-17-4-3-7-23(24(17)21)32(29,30)27-19-9-12-28(13-10-19)11-8-18-16-31-22-6-2-1-5-20(18)22/h1-7,14-16,19,27H,8-13H2. The van der Waals surface area contributed by atoms with Crippen LogP contribution in [0.2, 0.25) is 0 Å². The lowest BCUT2D eigenvalue weighted by molar-refractivity contribution is 0.209. The SMILES string of the molecule is O=S(=O)(NC1CCN(CCc2coc3ccccc23)CC1)c1cccc2cncc(F)c12. The molecule has 1 aliphatic heterocycles. The second-order valence-electron chi connectivity index (χ2n) is 8.22. The zero-order valence-electron chi connectivity index (χ0n) is 17.5. The lowest BCUT2D eigenvalue weighted by Crippen LogP contribution is -2.45. The smallest absolute Gasteiger partial charge is 0.241 e. The maximum atomic E-state index is 14.3. The summed E-state index contributed by atoms with van der Waals surface area (Å²) in [5.41, 5.74) is 2.09. The van der Waals surface area contributed by atoms with Crippen molar-refractivity contribution >= 4 is 31.8 Å². The van der Waals surface area contributed by atoms with Crippen LogP contribution >= 0.6 is 0 Å². The highest BCUT2D eigenvalue weighted by atomic mass is 32.2. The minimum Gasteiger partial charge on any atom is -0.464 e. The molecule has 0 saturated carbocycles. The molecule has 0 unspecified atom stereocenters. The number of aromatic nitrogens is 1. The van der Waals surface area contributed by atoms with Gasteiger partial charge in [-0.2, -0.15) is 0 Å². The van der Waals surface area contributed by atoms with E-state index in [0.717, 1.165) is 43.2 Å². The van der Waals surface area contributed by atoms with Crippen LogP contribution in [0.25, 0.3) is 21.7 Å². The summed E-state index contributed by atoms with van der Waals surface area (Å²) >= 11 is 0. The van der Waals surface area contributed by atoms with Crippen LogP contribution in [-0.4, -0.2) is 44.0 Å². The lowest BCUT2D eigenvalue weighted by atomic mass is 10.0. The van der Waals surface area contributed by atoms with Gasteiger partial charge in [-0.3, -0.25) is 4.98 Å². The number of sulfonamides is 1. The van der Waals surface area contributed by atoms with Crippen molar-refractivity contribution in [2.45, 2.75) is 30.2 Å². The predicted molar refractivity (Wildman–Crippen MR) is 121 cm³/mol. The quantitative estimate of drug-likeness (QED) is 0.476. The number of benzene rings is 2. The number of furan rings is 1. The van der Waals surface area contributed by atoms with Crippen molar-refractivity contribution in [2.75, 3.05) is 19.6 Å². The number of rotatable bonds is 6. The van der Waals surface area contributed by atoms with E-state index in [-0.39, 0.29) is 16.3 Å². The molecule has 0 bridgehead atoms. The topological polar surface area (TPSA) is 75.4 Å². The zero-order chi connectivity index (χ0) is 22.1. The number of para-hydroxylation sites is 1. The summed E-state index contributed by atoms with van der Waals surface area (Å²) in [5, 5.41) is 1.70. The molecule has 166 valence electrons. The fourth-order valence-corrected chi connectivity index (χ4v) is 5.99. The molecule has 0 amide bonds. The number of nitrogens with one attached hydrogen (secondary N) is 1. The van der Waals surface area contributed by atoms with E-state index in [9.17, 15) is 12.8 Å². The third-order valence-corrected chi connectivity index (χ3v) is 7.72. The number of hydrogen-bond acceptors (Lipinski definition) is 5. The molecule has 1 saturated heterocycles. The summed E-state index contributed by atoms with van der Waals surface area (Å²) in [6.07, 6.45) is 6.64. The number of likely N-dealkylation sites (tertiary alicyclic amines) is 1. The average Bonchev–Trinajstić information content (AvgIpc) is 3.21. The molecule has 5 rings (SSSR count). The van der Waals surface area contributed by atoms with E-state index in [0.29, 0.717) is 18.2 Å². The van der Waals surface area contributed by atoms with Gasteiger partial charge in [0.25, 0.3) is 0 Å².